The van der Waals surface area contributed by atoms with Gasteiger partial charge in [-0.2, -0.15) is 22.4 Å². The van der Waals surface area contributed by atoms with Crippen LogP contribution in [0.5, 0.6) is 0 Å². The number of halogens is 2. The lowest BCUT2D eigenvalue weighted by Crippen LogP contribution is -2.49. The topological polar surface area (TPSA) is 166 Å². The molecule has 0 aliphatic carbocycles. The first-order chi connectivity index (χ1) is 17.5. The number of carbonyl (C=O) groups is 1. The van der Waals surface area contributed by atoms with E-state index in [-0.39, 0.29) is 31.4 Å². The molecule has 0 radical (unpaired) electrons. The minimum Gasteiger partial charge on any atom is -0.480 e. The monoisotopic (exact) mass is 604 g/mol. The molecule has 13 nitrogen and oxygen atoms in total. The molecule has 1 fully saturated rings. The van der Waals surface area contributed by atoms with Crippen molar-refractivity contribution in [3.05, 3.63) is 46.5 Å². The van der Waals surface area contributed by atoms with E-state index in [4.69, 9.17) is 0 Å². The summed E-state index contributed by atoms with van der Waals surface area (Å²) in [6.45, 7) is 3.65. The molecule has 4 rings (SSSR count). The molecule has 0 bridgehead atoms. The average molecular weight is 606 g/mol. The molecule has 16 heteroatoms. The fourth-order valence-electron chi connectivity index (χ4n) is 4.31. The smallest absolute Gasteiger partial charge is 0.349 e. The van der Waals surface area contributed by atoms with Crippen LogP contribution in [0.25, 0.3) is 11.0 Å². The number of aliphatic carboxylic acids is 1. The van der Waals surface area contributed by atoms with Crippen LogP contribution in [0.15, 0.2) is 35.3 Å². The number of nitrogens with zero attached hydrogens (tertiary/aromatic N) is 5. The normalized spacial score (nSPS) is 15.0. The summed E-state index contributed by atoms with van der Waals surface area (Å²) >= 11 is 0. The van der Waals surface area contributed by atoms with E-state index in [1.165, 1.54) is 20.3 Å². The summed E-state index contributed by atoms with van der Waals surface area (Å²) in [7, 11) is -1.43. The second-order valence-electron chi connectivity index (χ2n) is 9.39. The second-order valence-corrected chi connectivity index (χ2v) is 11.3. The molecule has 1 aliphatic rings. The Hall–Kier alpha value is -2.91. The predicted octanol–water partition coefficient (Wildman–Crippen LogP) is 1.45. The lowest BCUT2D eigenvalue weighted by molar-refractivity contribution is -0.139. The first-order valence-corrected chi connectivity index (χ1v) is 13.4. The number of aromatic amines is 1. The molecule has 2 aromatic heterocycles. The zero-order valence-corrected chi connectivity index (χ0v) is 24.3. The molecule has 0 saturated carbocycles. The summed E-state index contributed by atoms with van der Waals surface area (Å²) in [4.78, 5) is 38.4. The average Bonchev–Trinajstić information content (AvgIpc) is 3.27. The number of rotatable bonds is 10. The first-order valence-electron chi connectivity index (χ1n) is 12.0. The van der Waals surface area contributed by atoms with E-state index in [2.05, 4.69) is 29.9 Å². The van der Waals surface area contributed by atoms with E-state index in [0.717, 1.165) is 58.3 Å². The van der Waals surface area contributed by atoms with Crippen LogP contribution in [0.1, 0.15) is 18.4 Å². The van der Waals surface area contributed by atoms with Gasteiger partial charge in [-0.3, -0.25) is 9.36 Å². The maximum Gasteiger partial charge on any atom is 0.349 e. The molecule has 0 unspecified atom stereocenters. The summed E-state index contributed by atoms with van der Waals surface area (Å²) in [5, 5.41) is 12.9. The van der Waals surface area contributed by atoms with Gasteiger partial charge in [0, 0.05) is 45.5 Å². The van der Waals surface area contributed by atoms with Gasteiger partial charge in [0.25, 0.3) is 10.2 Å². The van der Waals surface area contributed by atoms with Crippen LogP contribution in [0.2, 0.25) is 0 Å². The summed E-state index contributed by atoms with van der Waals surface area (Å²) in [5.41, 5.74) is 1.98. The molecular weight excluding hydrogens is 571 g/mol. The van der Waals surface area contributed by atoms with Crippen molar-refractivity contribution in [3.63, 3.8) is 0 Å². The van der Waals surface area contributed by atoms with Gasteiger partial charge in [-0.1, -0.05) is 12.1 Å². The Labute approximate surface area is 239 Å². The number of hydrogen-bond acceptors (Lipinski definition) is 8. The van der Waals surface area contributed by atoms with Crippen LogP contribution in [0.4, 0.5) is 11.8 Å². The van der Waals surface area contributed by atoms with Crippen molar-refractivity contribution < 1.29 is 18.3 Å². The molecule has 0 spiro atoms. The predicted molar refractivity (Wildman–Crippen MR) is 154 cm³/mol. The maximum absolute atomic E-state index is 12.7. The Kier molecular flexibility index (Phi) is 11.1. The lowest BCUT2D eigenvalue weighted by atomic mass is 9.96. The highest BCUT2D eigenvalue weighted by Gasteiger charge is 2.27. The Morgan fingerprint density at radius 2 is 1.87 bits per heavy atom. The van der Waals surface area contributed by atoms with Gasteiger partial charge in [-0.15, -0.1) is 24.8 Å². The summed E-state index contributed by atoms with van der Waals surface area (Å²) in [6.07, 6.45) is 3.34. The fraction of sp³-hybridized carbons (Fsp3) is 0.478. The fourth-order valence-corrected chi connectivity index (χ4v) is 5.06. The number of carboxylic acids is 1. The van der Waals surface area contributed by atoms with E-state index in [0.29, 0.717) is 17.3 Å². The van der Waals surface area contributed by atoms with Crippen LogP contribution in [-0.4, -0.2) is 83.1 Å². The zero-order valence-electron chi connectivity index (χ0n) is 21.8. The highest BCUT2D eigenvalue weighted by Crippen LogP contribution is 2.24. The number of nitrogens with one attached hydrogen (secondary N) is 3. The first kappa shape index (κ1) is 32.3. The van der Waals surface area contributed by atoms with Crippen molar-refractivity contribution in [2.45, 2.75) is 32.4 Å². The number of para-hydroxylation sites is 2. The second kappa shape index (κ2) is 13.4. The van der Waals surface area contributed by atoms with Crippen molar-refractivity contribution in [2.24, 2.45) is 5.92 Å². The number of carboxylic acid groups (broad SMARTS) is 1. The van der Waals surface area contributed by atoms with E-state index < -0.39 is 27.9 Å². The number of anilines is 2. The molecule has 39 heavy (non-hydrogen) atoms. The van der Waals surface area contributed by atoms with E-state index in [9.17, 15) is 23.1 Å². The van der Waals surface area contributed by atoms with Crippen LogP contribution in [0, 0.1) is 12.8 Å². The highest BCUT2D eigenvalue weighted by atomic mass is 35.5. The number of fused-ring (bicyclic) bond motifs is 1. The van der Waals surface area contributed by atoms with Gasteiger partial charge >= 0.3 is 11.7 Å². The third kappa shape index (κ3) is 7.82. The van der Waals surface area contributed by atoms with Crippen LogP contribution in [-0.2, 0) is 21.5 Å². The minimum atomic E-state index is -4.00. The number of piperidine rings is 1. The number of hydrogen-bond donors (Lipinski definition) is 4. The molecule has 1 saturated heterocycles. The zero-order chi connectivity index (χ0) is 26.7. The van der Waals surface area contributed by atoms with Crippen LogP contribution < -0.4 is 20.6 Å². The molecule has 3 heterocycles. The quantitative estimate of drug-likeness (QED) is 0.268. The van der Waals surface area contributed by atoms with Crippen molar-refractivity contribution >= 4 is 63.8 Å². The van der Waals surface area contributed by atoms with Gasteiger partial charge in [0.2, 0.25) is 5.95 Å². The molecule has 4 N–H and O–H groups in total. The third-order valence-corrected chi connectivity index (χ3v) is 8.00. The number of aromatic nitrogens is 4. The molecule has 1 aliphatic heterocycles. The van der Waals surface area contributed by atoms with Crippen molar-refractivity contribution in [3.8, 4) is 0 Å². The van der Waals surface area contributed by atoms with E-state index in [1.807, 2.05) is 24.3 Å². The molecular formula is C23H34Cl2N8O5S. The number of H-pyrrole nitrogens is 1. The van der Waals surface area contributed by atoms with Crippen molar-refractivity contribution in [2.75, 3.05) is 43.9 Å². The standard InChI is InChI=1S/C23H32N8O5S.2ClH/c1-15-13-31(14-19(21(32)33)28-37(35,36)29(2)3)23(34)27-20(15)30-10-8-16(9-11-30)12-24-22-25-17-6-4-5-7-18(17)26-22;;/h4-7,13,16,19,28H,8-12,14H2,1-3H3,(H,32,33)(H2,24,25,26);2*1H/t19-;;/m0../s1. The molecule has 3 aromatic rings. The lowest BCUT2D eigenvalue weighted by Gasteiger charge is -2.33. The van der Waals surface area contributed by atoms with Crippen molar-refractivity contribution in [1.29, 1.82) is 0 Å². The number of aryl methyl sites for hydroxylation is 1. The molecule has 1 aromatic carbocycles. The van der Waals surface area contributed by atoms with E-state index >= 15 is 0 Å². The van der Waals surface area contributed by atoms with Gasteiger partial charge in [0.1, 0.15) is 11.9 Å². The Balaban J connectivity index is 0.00000267. The van der Waals surface area contributed by atoms with Gasteiger partial charge in [0.05, 0.1) is 17.6 Å². The van der Waals surface area contributed by atoms with Gasteiger partial charge in [-0.25, -0.2) is 9.78 Å². The van der Waals surface area contributed by atoms with E-state index in [1.54, 1.807) is 6.92 Å². The Morgan fingerprint density at radius 3 is 2.49 bits per heavy atom. The van der Waals surface area contributed by atoms with Crippen LogP contribution in [0.3, 0.4) is 0 Å². The molecule has 1 atom stereocenters. The van der Waals surface area contributed by atoms with Crippen LogP contribution >= 0.6 is 24.8 Å². The Morgan fingerprint density at radius 1 is 1.21 bits per heavy atom. The SMILES string of the molecule is Cc1cn(C[C@H](NS(=O)(=O)N(C)C)C(=O)O)c(=O)nc1N1CCC(CNc2nc3ccccc3[nH]2)CC1.Cl.Cl. The summed E-state index contributed by atoms with van der Waals surface area (Å²) in [5.74, 6) is 0.353. The summed E-state index contributed by atoms with van der Waals surface area (Å²) < 4.78 is 28.2. The van der Waals surface area contributed by atoms with Gasteiger partial charge < -0.3 is 20.3 Å². The van der Waals surface area contributed by atoms with Gasteiger partial charge in [-0.05, 0) is 37.8 Å². The maximum atomic E-state index is 12.7. The minimum absolute atomic E-state index is 0. The van der Waals surface area contributed by atoms with Crippen molar-refractivity contribution in [1.82, 2.24) is 28.5 Å². The number of benzene rings is 1. The Bertz CT molecular complexity index is 1400. The molecule has 216 valence electrons. The third-order valence-electron chi connectivity index (χ3n) is 6.46. The van der Waals surface area contributed by atoms with Gasteiger partial charge in [0.15, 0.2) is 0 Å². The summed E-state index contributed by atoms with van der Waals surface area (Å²) in [6, 6.07) is 6.34. The number of imidazole rings is 1. The largest absolute Gasteiger partial charge is 0.480 e. The molecule has 0 amide bonds. The highest BCUT2D eigenvalue weighted by molar-refractivity contribution is 7.87.